The predicted octanol–water partition coefficient (Wildman–Crippen LogP) is 8.69. The molecule has 1 amide bonds. The molecule has 1 aliphatic rings. The number of halogens is 2. The van der Waals surface area contributed by atoms with Crippen LogP contribution in [0.3, 0.4) is 0 Å². The van der Waals surface area contributed by atoms with E-state index in [0.717, 1.165) is 22.9 Å². The number of hydrogen-bond donors (Lipinski definition) is 0. The number of thioether (sulfide) groups is 1. The zero-order chi connectivity index (χ0) is 24.9. The average molecular weight is 558 g/mol. The average Bonchev–Trinajstić information content (AvgIpc) is 3.42. The van der Waals surface area contributed by atoms with Gasteiger partial charge in [-0.1, -0.05) is 93.3 Å². The van der Waals surface area contributed by atoms with Crippen molar-refractivity contribution in [2.45, 2.75) is 94.4 Å². The number of benzene rings is 1. The molecular weight excluding hydrogens is 519 g/mol. The third-order valence-electron chi connectivity index (χ3n) is 6.36. The highest BCUT2D eigenvalue weighted by molar-refractivity contribution is 8.01. The molecule has 35 heavy (non-hydrogen) atoms. The second-order valence-electron chi connectivity index (χ2n) is 9.23. The van der Waals surface area contributed by atoms with Gasteiger partial charge in [0, 0.05) is 34.1 Å². The normalized spacial score (nSPS) is 15.8. The van der Waals surface area contributed by atoms with Crippen molar-refractivity contribution in [3.63, 3.8) is 0 Å². The van der Waals surface area contributed by atoms with E-state index in [0.29, 0.717) is 35.4 Å². The number of likely N-dealkylation sites (tertiary alicyclic amines) is 1. The van der Waals surface area contributed by atoms with E-state index >= 15 is 0 Å². The quantitative estimate of drug-likeness (QED) is 0.144. The maximum absolute atomic E-state index is 12.4. The summed E-state index contributed by atoms with van der Waals surface area (Å²) in [6, 6.07) is 5.26. The van der Waals surface area contributed by atoms with E-state index in [2.05, 4.69) is 12.3 Å². The second kappa shape index (κ2) is 16.0. The summed E-state index contributed by atoms with van der Waals surface area (Å²) in [5.74, 6) is 1.68. The second-order valence-corrected chi connectivity index (χ2v) is 12.3. The molecule has 1 atom stereocenters. The Bertz CT molecular complexity index is 889. The van der Waals surface area contributed by atoms with Crippen LogP contribution in [0.25, 0.3) is 0 Å². The van der Waals surface area contributed by atoms with E-state index in [9.17, 15) is 4.79 Å². The standard InChI is InChI=1S/C27H38Cl2N2O2S2/c1-2-3-4-5-6-7-8-9-10-11-23-20-35-27(30-23)34-15-14-31-24(12-13-26(31)32)19-33-25-17-21(28)16-22(29)18-25/h16-18,20,24H,2-15,19H2,1H3/t24-/m1/s1. The van der Waals surface area contributed by atoms with E-state index in [4.69, 9.17) is 32.9 Å². The lowest BCUT2D eigenvalue weighted by Crippen LogP contribution is -2.38. The van der Waals surface area contributed by atoms with Crippen molar-refractivity contribution in [2.24, 2.45) is 0 Å². The van der Waals surface area contributed by atoms with Crippen LogP contribution in [-0.4, -0.2) is 40.7 Å². The number of nitrogens with zero attached hydrogens (tertiary/aromatic N) is 2. The first-order valence-corrected chi connectivity index (χ1v) is 15.6. The van der Waals surface area contributed by atoms with Gasteiger partial charge in [-0.25, -0.2) is 4.98 Å². The number of thiazole rings is 1. The largest absolute Gasteiger partial charge is 0.491 e. The number of carbonyl (C=O) groups is 1. The molecule has 1 saturated heterocycles. The van der Waals surface area contributed by atoms with Crippen LogP contribution in [0.1, 0.15) is 83.2 Å². The number of unbranched alkanes of at least 4 members (excludes halogenated alkanes) is 8. The van der Waals surface area contributed by atoms with Crippen molar-refractivity contribution in [3.8, 4) is 5.75 Å². The Morgan fingerprint density at radius 3 is 2.46 bits per heavy atom. The molecule has 1 aromatic heterocycles. The molecule has 0 spiro atoms. The number of aromatic nitrogens is 1. The first-order chi connectivity index (χ1) is 17.0. The Kier molecular flexibility index (Phi) is 13.1. The third kappa shape index (κ3) is 10.5. The molecule has 4 nitrogen and oxygen atoms in total. The fourth-order valence-corrected chi connectivity index (χ4v) is 6.79. The van der Waals surface area contributed by atoms with Crippen molar-refractivity contribution in [1.82, 2.24) is 9.88 Å². The number of amides is 1. The molecule has 3 rings (SSSR count). The summed E-state index contributed by atoms with van der Waals surface area (Å²) in [6.07, 6.45) is 14.6. The number of hydrogen-bond acceptors (Lipinski definition) is 5. The lowest BCUT2D eigenvalue weighted by atomic mass is 10.1. The summed E-state index contributed by atoms with van der Waals surface area (Å²) in [6.45, 7) is 3.43. The van der Waals surface area contributed by atoms with Gasteiger partial charge in [0.15, 0.2) is 0 Å². The molecular formula is C27H38Cl2N2O2S2. The van der Waals surface area contributed by atoms with Gasteiger partial charge in [0.2, 0.25) is 5.91 Å². The SMILES string of the molecule is CCCCCCCCCCCc1csc(SCCN2C(=O)CC[C@@H]2COc2cc(Cl)cc(Cl)c2)n1. The van der Waals surface area contributed by atoms with Gasteiger partial charge in [0.25, 0.3) is 0 Å². The molecule has 0 aliphatic carbocycles. The van der Waals surface area contributed by atoms with Crippen LogP contribution < -0.4 is 4.74 Å². The number of rotatable bonds is 17. The molecule has 0 bridgehead atoms. The van der Waals surface area contributed by atoms with Crippen molar-refractivity contribution >= 4 is 52.2 Å². The molecule has 2 aromatic rings. The predicted molar refractivity (Wildman–Crippen MR) is 150 cm³/mol. The lowest BCUT2D eigenvalue weighted by molar-refractivity contribution is -0.129. The Morgan fingerprint density at radius 1 is 1.06 bits per heavy atom. The first-order valence-electron chi connectivity index (χ1n) is 13.0. The maximum Gasteiger partial charge on any atom is 0.223 e. The summed E-state index contributed by atoms with van der Waals surface area (Å²) < 4.78 is 7.00. The molecule has 1 aliphatic heterocycles. The van der Waals surface area contributed by atoms with Crippen LogP contribution in [0, 0.1) is 0 Å². The fraction of sp³-hybridized carbons (Fsp3) is 0.630. The van der Waals surface area contributed by atoms with Gasteiger partial charge in [0.05, 0.1) is 11.7 Å². The molecule has 0 N–H and O–H groups in total. The topological polar surface area (TPSA) is 42.4 Å². The molecule has 2 heterocycles. The zero-order valence-electron chi connectivity index (χ0n) is 20.8. The minimum Gasteiger partial charge on any atom is -0.491 e. The van der Waals surface area contributed by atoms with Crippen LogP contribution in [0.2, 0.25) is 10.0 Å². The van der Waals surface area contributed by atoms with E-state index < -0.39 is 0 Å². The van der Waals surface area contributed by atoms with Gasteiger partial charge in [-0.2, -0.15) is 0 Å². The highest BCUT2D eigenvalue weighted by Crippen LogP contribution is 2.28. The van der Waals surface area contributed by atoms with E-state index in [1.165, 1.54) is 63.5 Å². The summed E-state index contributed by atoms with van der Waals surface area (Å²) in [4.78, 5) is 19.2. The fourth-order valence-electron chi connectivity index (χ4n) is 4.40. The van der Waals surface area contributed by atoms with Gasteiger partial charge in [0.1, 0.15) is 16.7 Å². The maximum atomic E-state index is 12.4. The minimum absolute atomic E-state index is 0.0827. The van der Waals surface area contributed by atoms with Crippen LogP contribution in [0.5, 0.6) is 5.75 Å². The third-order valence-corrected chi connectivity index (χ3v) is 8.84. The highest BCUT2D eigenvalue weighted by atomic mass is 35.5. The first kappa shape index (κ1) is 28.6. The molecule has 1 fully saturated rings. The molecule has 194 valence electrons. The summed E-state index contributed by atoms with van der Waals surface area (Å²) in [7, 11) is 0. The van der Waals surface area contributed by atoms with Gasteiger partial charge < -0.3 is 9.64 Å². The van der Waals surface area contributed by atoms with E-state index in [1.807, 2.05) is 4.90 Å². The Hall–Kier alpha value is -0.950. The number of ether oxygens (including phenoxy) is 1. The summed E-state index contributed by atoms with van der Waals surface area (Å²) in [5.41, 5.74) is 1.21. The Balaban J connectivity index is 1.31. The molecule has 0 radical (unpaired) electrons. The van der Waals surface area contributed by atoms with Crippen LogP contribution in [-0.2, 0) is 11.2 Å². The van der Waals surface area contributed by atoms with E-state index in [1.54, 1.807) is 41.3 Å². The minimum atomic E-state index is 0.0827. The van der Waals surface area contributed by atoms with Crippen molar-refractivity contribution in [2.75, 3.05) is 18.9 Å². The zero-order valence-corrected chi connectivity index (χ0v) is 23.9. The summed E-state index contributed by atoms with van der Waals surface area (Å²) in [5, 5.41) is 3.29. The smallest absolute Gasteiger partial charge is 0.223 e. The van der Waals surface area contributed by atoms with Crippen molar-refractivity contribution in [3.05, 3.63) is 39.3 Å². The van der Waals surface area contributed by atoms with Gasteiger partial charge in [-0.15, -0.1) is 11.3 Å². The Morgan fingerprint density at radius 2 is 1.74 bits per heavy atom. The van der Waals surface area contributed by atoms with Crippen molar-refractivity contribution in [1.29, 1.82) is 0 Å². The molecule has 0 unspecified atom stereocenters. The van der Waals surface area contributed by atoms with Crippen LogP contribution in [0.4, 0.5) is 0 Å². The van der Waals surface area contributed by atoms with Gasteiger partial charge >= 0.3 is 0 Å². The number of aryl methyl sites for hydroxylation is 1. The van der Waals surface area contributed by atoms with Crippen LogP contribution >= 0.6 is 46.3 Å². The Labute approximate surface area is 229 Å². The lowest BCUT2D eigenvalue weighted by Gasteiger charge is -2.24. The van der Waals surface area contributed by atoms with Gasteiger partial charge in [-0.3, -0.25) is 4.79 Å². The monoisotopic (exact) mass is 556 g/mol. The molecule has 1 aromatic carbocycles. The van der Waals surface area contributed by atoms with Crippen LogP contribution in [0.15, 0.2) is 27.9 Å². The van der Waals surface area contributed by atoms with Crippen molar-refractivity contribution < 1.29 is 9.53 Å². The number of carbonyl (C=O) groups excluding carboxylic acids is 1. The molecule has 0 saturated carbocycles. The molecule has 8 heteroatoms. The summed E-state index contributed by atoms with van der Waals surface area (Å²) >= 11 is 15.6. The van der Waals surface area contributed by atoms with Gasteiger partial charge in [-0.05, 0) is 37.5 Å². The highest BCUT2D eigenvalue weighted by Gasteiger charge is 2.31. The van der Waals surface area contributed by atoms with E-state index in [-0.39, 0.29) is 11.9 Å².